The van der Waals surface area contributed by atoms with Crippen LogP contribution in [-0.2, 0) is 28.6 Å². The van der Waals surface area contributed by atoms with Crippen LogP contribution in [0.3, 0.4) is 0 Å². The van der Waals surface area contributed by atoms with E-state index in [1.54, 1.807) is 18.7 Å². The first-order chi connectivity index (χ1) is 17.3. The second kappa shape index (κ2) is 9.89. The summed E-state index contributed by atoms with van der Waals surface area (Å²) < 4.78 is 17.7. The lowest BCUT2D eigenvalue weighted by Gasteiger charge is -2.39. The Morgan fingerprint density at radius 1 is 1.06 bits per heavy atom. The number of aliphatic hydroxyl groups is 1. The van der Waals surface area contributed by atoms with E-state index >= 15 is 0 Å². The molecule has 0 aromatic heterocycles. The van der Waals surface area contributed by atoms with E-state index in [9.17, 15) is 19.5 Å². The average molecular weight is 504 g/mol. The molecule has 2 amide bonds. The normalized spacial score (nSPS) is 38.9. The number of aliphatic hydroxyl groups excluding tert-OH is 1. The van der Waals surface area contributed by atoms with Crippen LogP contribution in [-0.4, -0.2) is 120 Å². The predicted molar refractivity (Wildman–Crippen MR) is 129 cm³/mol. The van der Waals surface area contributed by atoms with Crippen molar-refractivity contribution < 1.29 is 33.7 Å². The highest BCUT2D eigenvalue weighted by Crippen LogP contribution is 2.57. The smallest absolute Gasteiger partial charge is 0.313 e. The number of likely N-dealkylation sites (tertiary alicyclic amines) is 1. The van der Waals surface area contributed by atoms with E-state index in [4.69, 9.17) is 14.2 Å². The monoisotopic (exact) mass is 503 g/mol. The number of carbonyl (C=O) groups is 3. The fourth-order valence-electron chi connectivity index (χ4n) is 6.47. The standard InChI is InChI=1S/C26H37N3O7/c1-18(17-30)29-21-23(32)28(11-10-27-12-15-34-16-13-27)9-6-8-26(21)19(22(29)31)20-24(33)35-14-5-3-4-7-25(20,2)36-26/h4,6-8,18-21,30H,3,5,9-17H2,1-2H3/b7-4-/t18-,19+,20-,21?,25+,26+/m1/s1. The SMILES string of the molecule is C[C@H](CO)N1C(=O)[C@@H]2[C@@H]3C(=O)OCCC/C=C\[C@]3(C)O[C@@]23C=CCN(CCN2CCOCC2)C(=O)C13. The van der Waals surface area contributed by atoms with Crippen LogP contribution in [0.4, 0.5) is 0 Å². The van der Waals surface area contributed by atoms with Gasteiger partial charge < -0.3 is 29.1 Å². The van der Waals surface area contributed by atoms with Gasteiger partial charge in [-0.1, -0.05) is 24.3 Å². The van der Waals surface area contributed by atoms with Crippen LogP contribution in [0.2, 0.25) is 0 Å². The van der Waals surface area contributed by atoms with Gasteiger partial charge in [0.15, 0.2) is 0 Å². The third kappa shape index (κ3) is 4.08. The van der Waals surface area contributed by atoms with E-state index in [0.29, 0.717) is 39.3 Å². The summed E-state index contributed by atoms with van der Waals surface area (Å²) in [7, 11) is 0. The van der Waals surface area contributed by atoms with Gasteiger partial charge in [0, 0.05) is 32.7 Å². The molecule has 1 spiro atoms. The maximum absolute atomic E-state index is 14.1. The van der Waals surface area contributed by atoms with Crippen LogP contribution in [0.1, 0.15) is 26.7 Å². The molecular formula is C26H37N3O7. The zero-order valence-corrected chi connectivity index (χ0v) is 21.1. The van der Waals surface area contributed by atoms with E-state index in [1.165, 1.54) is 4.90 Å². The van der Waals surface area contributed by atoms with Crippen LogP contribution in [0, 0.1) is 11.8 Å². The minimum Gasteiger partial charge on any atom is -0.465 e. The van der Waals surface area contributed by atoms with Crippen LogP contribution in [0.5, 0.6) is 0 Å². The Bertz CT molecular complexity index is 948. The molecule has 5 aliphatic heterocycles. The van der Waals surface area contributed by atoms with E-state index < -0.39 is 41.1 Å². The lowest BCUT2D eigenvalue weighted by molar-refractivity contribution is -0.161. The summed E-state index contributed by atoms with van der Waals surface area (Å²) >= 11 is 0. The number of morpholine rings is 1. The molecule has 10 nitrogen and oxygen atoms in total. The van der Waals surface area contributed by atoms with Crippen molar-refractivity contribution in [3.8, 4) is 0 Å². The number of nitrogens with zero attached hydrogens (tertiary/aromatic N) is 3. The quantitative estimate of drug-likeness (QED) is 0.411. The second-order valence-corrected chi connectivity index (χ2v) is 10.6. The molecule has 5 rings (SSSR count). The number of hydrogen-bond acceptors (Lipinski definition) is 8. The first-order valence-electron chi connectivity index (χ1n) is 13.1. The Morgan fingerprint density at radius 2 is 1.83 bits per heavy atom. The first kappa shape index (κ1) is 25.4. The highest BCUT2D eigenvalue weighted by molar-refractivity contribution is 5.99. The van der Waals surface area contributed by atoms with Crippen LogP contribution in [0.15, 0.2) is 24.3 Å². The summed E-state index contributed by atoms with van der Waals surface area (Å²) in [6.45, 7) is 8.05. The predicted octanol–water partition coefficient (Wildman–Crippen LogP) is -0.0381. The Kier molecular flexibility index (Phi) is 6.97. The number of fused-ring (bicyclic) bond motifs is 2. The van der Waals surface area contributed by atoms with Crippen molar-refractivity contribution in [2.24, 2.45) is 11.8 Å². The molecule has 0 bridgehead atoms. The number of carbonyl (C=O) groups excluding carboxylic acids is 3. The zero-order valence-electron chi connectivity index (χ0n) is 21.1. The summed E-state index contributed by atoms with van der Waals surface area (Å²) in [5, 5.41) is 10.0. The van der Waals surface area contributed by atoms with Crippen molar-refractivity contribution in [1.82, 2.24) is 14.7 Å². The van der Waals surface area contributed by atoms with Gasteiger partial charge in [-0.2, -0.15) is 0 Å². The molecule has 5 heterocycles. The van der Waals surface area contributed by atoms with E-state index in [2.05, 4.69) is 4.90 Å². The maximum atomic E-state index is 14.1. The van der Waals surface area contributed by atoms with Gasteiger partial charge in [-0.15, -0.1) is 0 Å². The highest BCUT2D eigenvalue weighted by Gasteiger charge is 2.75. The molecule has 1 unspecified atom stereocenters. The van der Waals surface area contributed by atoms with Crippen molar-refractivity contribution in [3.05, 3.63) is 24.3 Å². The van der Waals surface area contributed by atoms with Gasteiger partial charge in [0.1, 0.15) is 17.6 Å². The summed E-state index contributed by atoms with van der Waals surface area (Å²) in [5.41, 5.74) is -2.42. The largest absolute Gasteiger partial charge is 0.465 e. The van der Waals surface area contributed by atoms with Crippen molar-refractivity contribution in [3.63, 3.8) is 0 Å². The molecule has 0 radical (unpaired) electrons. The lowest BCUT2D eigenvalue weighted by atomic mass is 9.74. The zero-order chi connectivity index (χ0) is 25.5. The van der Waals surface area contributed by atoms with Crippen molar-refractivity contribution in [2.45, 2.75) is 50.0 Å². The molecule has 36 heavy (non-hydrogen) atoms. The molecule has 1 N–H and O–H groups in total. The molecule has 5 aliphatic rings. The van der Waals surface area contributed by atoms with E-state index in [0.717, 1.165) is 19.5 Å². The summed E-state index contributed by atoms with van der Waals surface area (Å²) in [4.78, 5) is 47.0. The lowest BCUT2D eigenvalue weighted by Crippen LogP contribution is -2.58. The first-order valence-corrected chi connectivity index (χ1v) is 13.1. The van der Waals surface area contributed by atoms with Gasteiger partial charge in [0.2, 0.25) is 11.8 Å². The average Bonchev–Trinajstić information content (AvgIpc) is 3.23. The summed E-state index contributed by atoms with van der Waals surface area (Å²) in [6, 6.07) is -1.59. The third-order valence-corrected chi connectivity index (χ3v) is 8.30. The number of amides is 2. The fourth-order valence-corrected chi connectivity index (χ4v) is 6.47. The molecule has 3 fully saturated rings. The Labute approximate surface area is 211 Å². The highest BCUT2D eigenvalue weighted by atomic mass is 16.6. The number of ether oxygens (including phenoxy) is 3. The van der Waals surface area contributed by atoms with Crippen molar-refractivity contribution in [2.75, 3.05) is 59.2 Å². The van der Waals surface area contributed by atoms with Crippen LogP contribution in [0.25, 0.3) is 0 Å². The molecule has 0 aromatic carbocycles. The number of allylic oxidation sites excluding steroid dienone is 1. The Balaban J connectivity index is 1.52. The Hall–Kier alpha value is -2.27. The number of esters is 1. The third-order valence-electron chi connectivity index (χ3n) is 8.30. The molecule has 3 saturated heterocycles. The summed E-state index contributed by atoms with van der Waals surface area (Å²) in [5.74, 6) is -2.87. The molecule has 198 valence electrons. The van der Waals surface area contributed by atoms with Gasteiger partial charge in [0.25, 0.3) is 0 Å². The van der Waals surface area contributed by atoms with Crippen molar-refractivity contribution in [1.29, 1.82) is 0 Å². The molecule has 6 atom stereocenters. The molecule has 0 aromatic rings. The maximum Gasteiger partial charge on any atom is 0.313 e. The number of rotatable bonds is 5. The summed E-state index contributed by atoms with van der Waals surface area (Å²) in [6.07, 6.45) is 8.96. The van der Waals surface area contributed by atoms with E-state index in [-0.39, 0.29) is 25.0 Å². The van der Waals surface area contributed by atoms with Gasteiger partial charge in [-0.25, -0.2) is 0 Å². The van der Waals surface area contributed by atoms with Gasteiger partial charge in [-0.05, 0) is 26.7 Å². The second-order valence-electron chi connectivity index (χ2n) is 10.6. The molecule has 0 aliphatic carbocycles. The fraction of sp³-hybridized carbons (Fsp3) is 0.731. The minimum atomic E-state index is -1.33. The number of hydrogen-bond donors (Lipinski definition) is 1. The van der Waals surface area contributed by atoms with Crippen molar-refractivity contribution >= 4 is 17.8 Å². The molecule has 10 heteroatoms. The minimum absolute atomic E-state index is 0.225. The Morgan fingerprint density at radius 3 is 2.58 bits per heavy atom. The van der Waals surface area contributed by atoms with Crippen LogP contribution < -0.4 is 0 Å². The topological polar surface area (TPSA) is 109 Å². The van der Waals surface area contributed by atoms with Gasteiger partial charge >= 0.3 is 5.97 Å². The molecular weight excluding hydrogens is 466 g/mol. The van der Waals surface area contributed by atoms with Gasteiger partial charge in [0.05, 0.1) is 44.0 Å². The molecule has 0 saturated carbocycles. The van der Waals surface area contributed by atoms with Gasteiger partial charge in [-0.3, -0.25) is 19.3 Å². The number of cyclic esters (lactones) is 1. The van der Waals surface area contributed by atoms with Crippen LogP contribution >= 0.6 is 0 Å². The van der Waals surface area contributed by atoms with E-state index in [1.807, 2.05) is 24.3 Å².